The van der Waals surface area contributed by atoms with Crippen molar-refractivity contribution in [1.82, 2.24) is 0 Å². The average Bonchev–Trinajstić information content (AvgIpc) is 3.32. The van der Waals surface area contributed by atoms with Crippen molar-refractivity contribution in [1.29, 1.82) is 0 Å². The minimum atomic E-state index is 0.384. The van der Waals surface area contributed by atoms with Crippen LogP contribution in [-0.4, -0.2) is 66.1 Å². The van der Waals surface area contributed by atoms with Crippen molar-refractivity contribution in [2.24, 2.45) is 0 Å². The van der Waals surface area contributed by atoms with E-state index in [0.717, 1.165) is 93.2 Å². The van der Waals surface area contributed by atoms with E-state index in [1.54, 1.807) is 0 Å². The Morgan fingerprint density at radius 2 is 0.652 bits per heavy atom. The molecule has 8 heteroatoms. The van der Waals surface area contributed by atoms with Gasteiger partial charge in [0.1, 0.15) is 49.4 Å². The highest BCUT2D eigenvalue weighted by Gasteiger charge is 2.22. The number of para-hydroxylation sites is 6. The molecule has 5 aromatic rings. The van der Waals surface area contributed by atoms with E-state index in [4.69, 9.17) is 37.9 Å². The zero-order valence-electron chi connectivity index (χ0n) is 39.9. The summed E-state index contributed by atoms with van der Waals surface area (Å²) in [5, 5.41) is 0. The molecule has 0 fully saturated rings. The molecular weight excluding hydrogens is 825 g/mol. The van der Waals surface area contributed by atoms with E-state index in [1.165, 1.54) is 51.4 Å². The Morgan fingerprint density at radius 3 is 1.02 bits per heavy atom. The molecule has 8 rings (SSSR count). The normalized spacial score (nSPS) is 14.7. The largest absolute Gasteiger partial charge is 0.493 e. The van der Waals surface area contributed by atoms with Gasteiger partial charge in [-0.2, -0.15) is 0 Å². The summed E-state index contributed by atoms with van der Waals surface area (Å²) < 4.78 is 51.9. The van der Waals surface area contributed by atoms with Crippen LogP contribution in [0.2, 0.25) is 0 Å². The summed E-state index contributed by atoms with van der Waals surface area (Å²) in [6, 6.07) is 34.1. The van der Waals surface area contributed by atoms with Gasteiger partial charge in [-0.25, -0.2) is 0 Å². The lowest BCUT2D eigenvalue weighted by Gasteiger charge is -2.23. The zero-order valence-corrected chi connectivity index (χ0v) is 39.9. The summed E-state index contributed by atoms with van der Waals surface area (Å²) in [6.07, 6.45) is 17.1. The van der Waals surface area contributed by atoms with Crippen molar-refractivity contribution in [3.8, 4) is 34.5 Å². The van der Waals surface area contributed by atoms with Gasteiger partial charge in [0, 0.05) is 25.7 Å². The second-order valence-corrected chi connectivity index (χ2v) is 17.6. The highest BCUT2D eigenvalue weighted by atomic mass is 16.6. The van der Waals surface area contributed by atoms with Crippen molar-refractivity contribution in [3.05, 3.63) is 142 Å². The molecule has 0 N–H and O–H groups in total. The molecular formula is C58H74O8. The number of rotatable bonds is 16. The maximum absolute atomic E-state index is 6.91. The molecule has 5 aromatic carbocycles. The minimum Gasteiger partial charge on any atom is -0.493 e. The van der Waals surface area contributed by atoms with Crippen LogP contribution in [-0.2, 0) is 35.2 Å². The van der Waals surface area contributed by atoms with Crippen LogP contribution in [0.5, 0.6) is 34.5 Å². The fourth-order valence-corrected chi connectivity index (χ4v) is 9.06. The molecule has 0 unspecified atom stereocenters. The predicted molar refractivity (Wildman–Crippen MR) is 265 cm³/mol. The Kier molecular flexibility index (Phi) is 20.3. The molecule has 0 amide bonds. The molecule has 10 bridgehead atoms. The number of hydrogen-bond donors (Lipinski definition) is 0. The lowest BCUT2D eigenvalue weighted by molar-refractivity contribution is 0.0695. The molecule has 2 aliphatic heterocycles. The van der Waals surface area contributed by atoms with Gasteiger partial charge >= 0.3 is 0 Å². The third-order valence-electron chi connectivity index (χ3n) is 12.5. The van der Waals surface area contributed by atoms with Crippen LogP contribution < -0.4 is 28.4 Å². The number of benzene rings is 5. The third kappa shape index (κ3) is 14.7. The number of fused-ring (bicyclic) bond motifs is 12. The summed E-state index contributed by atoms with van der Waals surface area (Å²) in [4.78, 5) is 0. The van der Waals surface area contributed by atoms with Gasteiger partial charge < -0.3 is 37.9 Å². The van der Waals surface area contributed by atoms with Crippen molar-refractivity contribution in [3.63, 3.8) is 0 Å². The van der Waals surface area contributed by atoms with Crippen molar-refractivity contribution in [2.75, 3.05) is 66.1 Å². The van der Waals surface area contributed by atoms with Crippen molar-refractivity contribution < 1.29 is 37.9 Å². The highest BCUT2D eigenvalue weighted by molar-refractivity contribution is 5.56. The fourth-order valence-electron chi connectivity index (χ4n) is 9.06. The maximum atomic E-state index is 6.91. The van der Waals surface area contributed by atoms with Gasteiger partial charge in [-0.1, -0.05) is 163 Å². The summed E-state index contributed by atoms with van der Waals surface area (Å²) >= 11 is 0. The third-order valence-corrected chi connectivity index (χ3v) is 12.5. The number of ether oxygens (including phenoxy) is 8. The molecule has 354 valence electrons. The van der Waals surface area contributed by atoms with E-state index in [0.29, 0.717) is 103 Å². The topological polar surface area (TPSA) is 73.8 Å². The highest BCUT2D eigenvalue weighted by Crippen LogP contribution is 2.39. The zero-order chi connectivity index (χ0) is 45.4. The lowest BCUT2D eigenvalue weighted by Crippen LogP contribution is -2.14. The molecule has 3 aliphatic rings. The van der Waals surface area contributed by atoms with Gasteiger partial charge in [-0.05, 0) is 69.5 Å². The minimum absolute atomic E-state index is 0.384. The SMILES string of the molecule is CCCCCCCCOc1c2cccc1Cc1cccc3c1OCCOCCOc1ccccc1OCCOCCOc1c(cccc1Cc1cccc(c1OCCCCCCCC)C3)C2. The van der Waals surface area contributed by atoms with Crippen molar-refractivity contribution >= 4 is 0 Å². The number of hydrogen-bond acceptors (Lipinski definition) is 8. The van der Waals surface area contributed by atoms with E-state index in [9.17, 15) is 0 Å². The standard InChI is InChI=1S/C58H74O8/c1-3-5-7-9-11-15-31-63-55-45-21-17-22-46(55)42-50-26-20-28-52-44-48-24-18-23-47(56(48)64-32-16-12-10-8-6-4-2)43-51-27-19-25-49(41-45)57(51)65-39-35-59-33-37-61-53-29-13-14-30-54(53)62-38-34-60-36-40-66-58(50)52/h13-14,17-30H,3-12,15-16,31-44H2,1-2H3. The van der Waals surface area contributed by atoms with Crippen LogP contribution in [0.25, 0.3) is 0 Å². The Bertz CT molecular complexity index is 1960. The molecule has 0 saturated heterocycles. The molecule has 0 atom stereocenters. The van der Waals surface area contributed by atoms with Crippen LogP contribution in [0.3, 0.4) is 0 Å². The smallest absolute Gasteiger partial charge is 0.161 e. The summed E-state index contributed by atoms with van der Waals surface area (Å²) in [5.74, 6) is 5.06. The molecule has 2 heterocycles. The Balaban J connectivity index is 1.27. The Labute approximate surface area is 395 Å². The molecule has 1 aliphatic carbocycles. The van der Waals surface area contributed by atoms with E-state index in [-0.39, 0.29) is 0 Å². The Hall–Kier alpha value is -5.18. The molecule has 8 nitrogen and oxygen atoms in total. The summed E-state index contributed by atoms with van der Waals surface area (Å²) in [7, 11) is 0. The average molecular weight is 899 g/mol. The van der Waals surface area contributed by atoms with E-state index >= 15 is 0 Å². The van der Waals surface area contributed by atoms with Gasteiger partial charge in [0.15, 0.2) is 11.5 Å². The van der Waals surface area contributed by atoms with Gasteiger partial charge in [0.2, 0.25) is 0 Å². The van der Waals surface area contributed by atoms with Crippen LogP contribution in [0, 0.1) is 0 Å². The monoisotopic (exact) mass is 899 g/mol. The second kappa shape index (κ2) is 27.5. The van der Waals surface area contributed by atoms with Gasteiger partial charge in [0.25, 0.3) is 0 Å². The Morgan fingerprint density at radius 1 is 0.333 bits per heavy atom. The van der Waals surface area contributed by atoms with Gasteiger partial charge in [-0.15, -0.1) is 0 Å². The van der Waals surface area contributed by atoms with Crippen molar-refractivity contribution in [2.45, 2.75) is 117 Å². The first-order valence-corrected chi connectivity index (χ1v) is 25.2. The molecule has 0 radical (unpaired) electrons. The first-order valence-electron chi connectivity index (χ1n) is 25.2. The van der Waals surface area contributed by atoms with Gasteiger partial charge in [0.05, 0.1) is 39.6 Å². The van der Waals surface area contributed by atoms with Crippen LogP contribution >= 0.6 is 0 Å². The first kappa shape index (κ1) is 48.7. The number of unbranched alkanes of at least 4 members (excludes halogenated alkanes) is 10. The lowest BCUT2D eigenvalue weighted by atomic mass is 9.91. The predicted octanol–water partition coefficient (Wildman–Crippen LogP) is 13.1. The van der Waals surface area contributed by atoms with E-state index in [2.05, 4.69) is 86.6 Å². The maximum Gasteiger partial charge on any atom is 0.161 e. The van der Waals surface area contributed by atoms with Crippen LogP contribution in [0.4, 0.5) is 0 Å². The summed E-state index contributed by atoms with van der Waals surface area (Å²) in [6.45, 7) is 9.09. The fraction of sp³-hybridized carbons (Fsp3) is 0.483. The van der Waals surface area contributed by atoms with E-state index < -0.39 is 0 Å². The molecule has 0 saturated carbocycles. The molecule has 66 heavy (non-hydrogen) atoms. The molecule has 0 spiro atoms. The van der Waals surface area contributed by atoms with Crippen LogP contribution in [0.15, 0.2) is 97.1 Å². The summed E-state index contributed by atoms with van der Waals surface area (Å²) in [5.41, 5.74) is 9.03. The van der Waals surface area contributed by atoms with Gasteiger partial charge in [-0.3, -0.25) is 0 Å². The van der Waals surface area contributed by atoms with E-state index in [1.807, 2.05) is 24.3 Å². The quantitative estimate of drug-likeness (QED) is 0.0703. The first-order chi connectivity index (χ1) is 32.7. The molecule has 0 aromatic heterocycles. The second-order valence-electron chi connectivity index (χ2n) is 17.6. The van der Waals surface area contributed by atoms with Crippen LogP contribution in [0.1, 0.15) is 135 Å².